The first-order chi connectivity index (χ1) is 15.1. The molecule has 3 rings (SSSR count). The van der Waals surface area contributed by atoms with Gasteiger partial charge in [0.15, 0.2) is 0 Å². The van der Waals surface area contributed by atoms with Crippen LogP contribution in [0.15, 0.2) is 48.5 Å². The summed E-state index contributed by atoms with van der Waals surface area (Å²) in [7, 11) is 5.88. The number of hydrogen-bond acceptors (Lipinski definition) is 3. The highest BCUT2D eigenvalue weighted by atomic mass is 16.5. The molecule has 2 aromatic rings. The van der Waals surface area contributed by atoms with Crippen LogP contribution in [0.25, 0.3) is 11.1 Å². The number of carbonyl (C=O) groups is 2. The first-order valence-electron chi connectivity index (χ1n) is 10.6. The van der Waals surface area contributed by atoms with Gasteiger partial charge in [-0.15, -0.1) is 12.3 Å². The van der Waals surface area contributed by atoms with E-state index < -0.39 is 23.5 Å². The standard InChI is InChI=1S/C26H30N2O4/c1-6-15-26(2,17-28(3,4)5)23(24(29)30)27-25(31)32-16-22-20-13-9-7-11-18(20)19-12-8-10-14-21(19)22/h1,7-14,22-23H,15-17H2,2-5H3,(H-,27,29,30,31)/p+1/t23-,26-/m0/s1. The smallest absolute Gasteiger partial charge is 0.407 e. The van der Waals surface area contributed by atoms with Gasteiger partial charge >= 0.3 is 12.1 Å². The summed E-state index contributed by atoms with van der Waals surface area (Å²) in [6.45, 7) is 2.38. The highest BCUT2D eigenvalue weighted by Crippen LogP contribution is 2.44. The van der Waals surface area contributed by atoms with Gasteiger partial charge in [-0.3, -0.25) is 0 Å². The Balaban J connectivity index is 1.76. The highest BCUT2D eigenvalue weighted by molar-refractivity contribution is 5.81. The number of benzene rings is 2. The number of ether oxygens (including phenoxy) is 1. The largest absolute Gasteiger partial charge is 0.480 e. The summed E-state index contributed by atoms with van der Waals surface area (Å²) < 4.78 is 6.06. The van der Waals surface area contributed by atoms with Gasteiger partial charge in [0, 0.05) is 12.3 Å². The topological polar surface area (TPSA) is 75.6 Å². The molecule has 32 heavy (non-hydrogen) atoms. The molecular weight excluding hydrogens is 404 g/mol. The minimum Gasteiger partial charge on any atom is -0.480 e. The second kappa shape index (κ2) is 9.05. The van der Waals surface area contributed by atoms with Crippen LogP contribution < -0.4 is 5.32 Å². The van der Waals surface area contributed by atoms with E-state index in [1.165, 1.54) is 0 Å². The molecule has 0 saturated carbocycles. The molecule has 0 spiro atoms. The predicted octanol–water partition coefficient (Wildman–Crippen LogP) is 3.71. The molecule has 1 aliphatic carbocycles. The average Bonchev–Trinajstić information content (AvgIpc) is 3.03. The van der Waals surface area contributed by atoms with Gasteiger partial charge in [-0.25, -0.2) is 9.59 Å². The Hall–Kier alpha value is -3.30. The Kier molecular flexibility index (Phi) is 6.61. The molecule has 0 radical (unpaired) electrons. The van der Waals surface area contributed by atoms with Crippen molar-refractivity contribution in [3.63, 3.8) is 0 Å². The summed E-state index contributed by atoms with van der Waals surface area (Å²) in [6.07, 6.45) is 4.99. The van der Waals surface area contributed by atoms with Crippen molar-refractivity contribution >= 4 is 12.1 Å². The number of hydrogen-bond donors (Lipinski definition) is 2. The van der Waals surface area contributed by atoms with Gasteiger partial charge in [-0.05, 0) is 22.3 Å². The van der Waals surface area contributed by atoms with Crippen molar-refractivity contribution in [3.05, 3.63) is 59.7 Å². The molecule has 2 atom stereocenters. The van der Waals surface area contributed by atoms with E-state index in [0.29, 0.717) is 11.0 Å². The van der Waals surface area contributed by atoms with Gasteiger partial charge in [0.1, 0.15) is 12.6 Å². The Bertz CT molecular complexity index is 1000. The van der Waals surface area contributed by atoms with Crippen LogP contribution in [0.5, 0.6) is 0 Å². The molecule has 0 aromatic heterocycles. The van der Waals surface area contributed by atoms with E-state index >= 15 is 0 Å². The number of rotatable bonds is 8. The van der Waals surface area contributed by atoms with Gasteiger partial charge in [0.05, 0.1) is 33.1 Å². The third kappa shape index (κ3) is 4.95. The van der Waals surface area contributed by atoms with Crippen LogP contribution in [0, 0.1) is 17.8 Å². The number of fused-ring (bicyclic) bond motifs is 3. The Morgan fingerprint density at radius 1 is 1.12 bits per heavy atom. The van der Waals surface area contributed by atoms with E-state index in [-0.39, 0.29) is 18.9 Å². The van der Waals surface area contributed by atoms with E-state index in [1.54, 1.807) is 6.92 Å². The molecule has 0 heterocycles. The Labute approximate surface area is 189 Å². The van der Waals surface area contributed by atoms with Gasteiger partial charge < -0.3 is 19.6 Å². The molecule has 6 nitrogen and oxygen atoms in total. The maximum Gasteiger partial charge on any atom is 0.407 e. The number of aliphatic carboxylic acids is 1. The minimum atomic E-state index is -1.17. The molecule has 1 amide bonds. The molecule has 0 bridgehead atoms. The van der Waals surface area contributed by atoms with E-state index in [4.69, 9.17) is 11.2 Å². The third-order valence-corrected chi connectivity index (χ3v) is 5.89. The van der Waals surface area contributed by atoms with Crippen LogP contribution in [-0.4, -0.2) is 62.0 Å². The third-order valence-electron chi connectivity index (χ3n) is 5.89. The number of carboxylic acid groups (broad SMARTS) is 1. The lowest BCUT2D eigenvalue weighted by molar-refractivity contribution is -0.877. The summed E-state index contributed by atoms with van der Waals surface area (Å²) in [5, 5.41) is 12.4. The molecule has 2 N–H and O–H groups in total. The van der Waals surface area contributed by atoms with Crippen molar-refractivity contribution in [2.45, 2.75) is 25.3 Å². The average molecular weight is 436 g/mol. The van der Waals surface area contributed by atoms with Crippen LogP contribution in [-0.2, 0) is 9.53 Å². The summed E-state index contributed by atoms with van der Waals surface area (Å²) in [6, 6.07) is 14.9. The number of amides is 1. The van der Waals surface area contributed by atoms with E-state index in [2.05, 4.69) is 23.4 Å². The molecule has 1 aliphatic rings. The minimum absolute atomic E-state index is 0.0974. The first-order valence-corrected chi connectivity index (χ1v) is 10.6. The number of nitrogens with zero attached hydrogens (tertiary/aromatic N) is 1. The number of carboxylic acids is 1. The van der Waals surface area contributed by atoms with Crippen molar-refractivity contribution in [2.24, 2.45) is 5.41 Å². The Morgan fingerprint density at radius 3 is 2.12 bits per heavy atom. The zero-order chi connectivity index (χ0) is 23.5. The quantitative estimate of drug-likeness (QED) is 0.490. The lowest BCUT2D eigenvalue weighted by atomic mass is 9.78. The fourth-order valence-electron chi connectivity index (χ4n) is 4.86. The van der Waals surface area contributed by atoms with E-state index in [1.807, 2.05) is 57.5 Å². The molecule has 6 heteroatoms. The first kappa shape index (κ1) is 23.4. The van der Waals surface area contributed by atoms with Crippen LogP contribution in [0.2, 0.25) is 0 Å². The lowest BCUT2D eigenvalue weighted by Crippen LogP contribution is -2.58. The van der Waals surface area contributed by atoms with Gasteiger partial charge in [-0.1, -0.05) is 55.5 Å². The summed E-state index contributed by atoms with van der Waals surface area (Å²) in [4.78, 5) is 24.8. The fraction of sp³-hybridized carbons (Fsp3) is 0.385. The van der Waals surface area contributed by atoms with Crippen molar-refractivity contribution in [3.8, 4) is 23.5 Å². The molecule has 0 saturated heterocycles. The van der Waals surface area contributed by atoms with Crippen molar-refractivity contribution in [1.82, 2.24) is 5.32 Å². The van der Waals surface area contributed by atoms with Crippen LogP contribution >= 0.6 is 0 Å². The molecule has 168 valence electrons. The van der Waals surface area contributed by atoms with Crippen LogP contribution in [0.3, 0.4) is 0 Å². The zero-order valence-electron chi connectivity index (χ0n) is 19.1. The maximum absolute atomic E-state index is 12.7. The van der Waals surface area contributed by atoms with Gasteiger partial charge in [-0.2, -0.15) is 0 Å². The number of quaternary nitrogens is 1. The van der Waals surface area contributed by atoms with Gasteiger partial charge in [0.2, 0.25) is 0 Å². The molecular formula is C26H31N2O4+. The van der Waals surface area contributed by atoms with Crippen molar-refractivity contribution < 1.29 is 23.9 Å². The second-order valence-corrected chi connectivity index (χ2v) is 9.72. The van der Waals surface area contributed by atoms with Crippen molar-refractivity contribution in [2.75, 3.05) is 34.3 Å². The van der Waals surface area contributed by atoms with Crippen LogP contribution in [0.1, 0.15) is 30.4 Å². The second-order valence-electron chi connectivity index (χ2n) is 9.72. The number of carbonyl (C=O) groups excluding carboxylic acids is 1. The molecule has 0 unspecified atom stereocenters. The van der Waals surface area contributed by atoms with Crippen LogP contribution in [0.4, 0.5) is 4.79 Å². The molecule has 2 aromatic carbocycles. The summed E-state index contributed by atoms with van der Waals surface area (Å²) in [5.74, 6) is 1.34. The SMILES string of the molecule is C#CC[C@@](C)(C[N+](C)(C)C)[C@@H](NC(=O)OCC1c2ccccc2-c2ccccc21)C(=O)O. The van der Waals surface area contributed by atoms with Gasteiger partial charge in [0.25, 0.3) is 0 Å². The van der Waals surface area contributed by atoms with Crippen molar-refractivity contribution in [1.29, 1.82) is 0 Å². The normalized spacial score (nSPS) is 15.6. The van der Waals surface area contributed by atoms with E-state index in [9.17, 15) is 14.7 Å². The molecule has 0 fully saturated rings. The number of terminal acetylenes is 1. The van der Waals surface area contributed by atoms with E-state index in [0.717, 1.165) is 22.3 Å². The summed E-state index contributed by atoms with van der Waals surface area (Å²) >= 11 is 0. The maximum atomic E-state index is 12.7. The fourth-order valence-corrected chi connectivity index (χ4v) is 4.86. The monoisotopic (exact) mass is 435 g/mol. The number of nitrogens with one attached hydrogen (secondary N) is 1. The lowest BCUT2D eigenvalue weighted by Gasteiger charge is -2.39. The Morgan fingerprint density at radius 2 is 1.66 bits per heavy atom. The zero-order valence-corrected chi connectivity index (χ0v) is 19.1. The highest BCUT2D eigenvalue weighted by Gasteiger charge is 2.44. The number of alkyl carbamates (subject to hydrolysis) is 1. The summed E-state index contributed by atoms with van der Waals surface area (Å²) in [5.41, 5.74) is 3.61. The predicted molar refractivity (Wildman–Crippen MR) is 124 cm³/mol. The molecule has 0 aliphatic heterocycles.